The number of rotatable bonds is 13. The molecule has 29 heavy (non-hydrogen) atoms. The summed E-state index contributed by atoms with van der Waals surface area (Å²) in [6.45, 7) is 8.91. The molecule has 0 saturated carbocycles. The molecule has 0 unspecified atom stereocenters. The zero-order chi connectivity index (χ0) is 20.8. The van der Waals surface area contributed by atoms with Gasteiger partial charge < -0.3 is 20.1 Å². The Labute approximate surface area is 192 Å². The van der Waals surface area contributed by atoms with E-state index in [0.717, 1.165) is 16.9 Å². The maximum absolute atomic E-state index is 11.4. The van der Waals surface area contributed by atoms with E-state index in [4.69, 9.17) is 9.47 Å². The molecule has 10 heteroatoms. The van der Waals surface area contributed by atoms with Crippen LogP contribution in [0.3, 0.4) is 0 Å². The van der Waals surface area contributed by atoms with Crippen LogP contribution in [0.25, 0.3) is 0 Å². The molecule has 0 fully saturated rings. The Bertz CT molecular complexity index is 714. The van der Waals surface area contributed by atoms with Crippen LogP contribution in [-0.2, 0) is 21.3 Å². The second-order valence-electron chi connectivity index (χ2n) is 6.16. The third-order valence-corrected chi connectivity index (χ3v) is 5.33. The first-order valence-corrected chi connectivity index (χ1v) is 11.3. The molecule has 0 aliphatic heterocycles. The Hall–Kier alpha value is -1.11. The lowest BCUT2D eigenvalue weighted by Crippen LogP contribution is -2.38. The van der Waals surface area contributed by atoms with Crippen molar-refractivity contribution in [3.8, 4) is 5.75 Å². The number of aliphatic imine (C=N–C) groups is 1. The SMILES string of the molecule is CCOCCOc1cc(C)ccc1CNC(=NC)NCCCNS(=O)(=O)CC.I. The number of ether oxygens (including phenoxy) is 2. The zero-order valence-corrected chi connectivity index (χ0v) is 20.9. The first-order valence-electron chi connectivity index (χ1n) is 9.63. The normalized spacial score (nSPS) is 11.7. The van der Waals surface area contributed by atoms with Gasteiger partial charge in [0.1, 0.15) is 12.4 Å². The van der Waals surface area contributed by atoms with Crippen LogP contribution in [0.4, 0.5) is 0 Å². The van der Waals surface area contributed by atoms with Crippen LogP contribution < -0.4 is 20.1 Å². The van der Waals surface area contributed by atoms with Gasteiger partial charge in [0.25, 0.3) is 0 Å². The molecular formula is C19H35IN4O4S. The number of benzene rings is 1. The molecule has 0 atom stereocenters. The van der Waals surface area contributed by atoms with Crippen LogP contribution in [0.5, 0.6) is 5.75 Å². The summed E-state index contributed by atoms with van der Waals surface area (Å²) in [6, 6.07) is 6.09. The van der Waals surface area contributed by atoms with Gasteiger partial charge in [-0.15, -0.1) is 24.0 Å². The molecule has 3 N–H and O–H groups in total. The first kappa shape index (κ1) is 27.9. The Morgan fingerprint density at radius 3 is 2.55 bits per heavy atom. The molecule has 168 valence electrons. The van der Waals surface area contributed by atoms with Gasteiger partial charge in [-0.05, 0) is 38.8 Å². The second-order valence-corrected chi connectivity index (χ2v) is 8.26. The van der Waals surface area contributed by atoms with Crippen molar-refractivity contribution in [2.75, 3.05) is 45.7 Å². The Balaban J connectivity index is 0.00000784. The molecule has 0 bridgehead atoms. The molecule has 8 nitrogen and oxygen atoms in total. The lowest BCUT2D eigenvalue weighted by molar-refractivity contribution is 0.110. The van der Waals surface area contributed by atoms with Crippen LogP contribution in [0.1, 0.15) is 31.4 Å². The number of hydrogen-bond acceptors (Lipinski definition) is 5. The van der Waals surface area contributed by atoms with Crippen molar-refractivity contribution in [3.05, 3.63) is 29.3 Å². The van der Waals surface area contributed by atoms with E-state index < -0.39 is 10.0 Å². The smallest absolute Gasteiger partial charge is 0.211 e. The van der Waals surface area contributed by atoms with Gasteiger partial charge >= 0.3 is 0 Å². The maximum atomic E-state index is 11.4. The predicted molar refractivity (Wildman–Crippen MR) is 129 cm³/mol. The third kappa shape index (κ3) is 12.2. The summed E-state index contributed by atoms with van der Waals surface area (Å²) in [7, 11) is -1.44. The molecule has 0 saturated heterocycles. The average Bonchev–Trinajstić information content (AvgIpc) is 2.68. The zero-order valence-electron chi connectivity index (χ0n) is 17.8. The standard InChI is InChI=1S/C19H34N4O4S.HI/c1-5-26-12-13-27-18-14-16(3)8-9-17(18)15-22-19(20-4)21-10-7-11-23-28(24,25)6-2;/h8-9,14,23H,5-7,10-13,15H2,1-4H3,(H2,20,21,22);1H. The van der Waals surface area contributed by atoms with Crippen molar-refractivity contribution >= 4 is 40.0 Å². The number of halogens is 1. The van der Waals surface area contributed by atoms with Gasteiger partial charge in [0.15, 0.2) is 5.96 Å². The number of nitrogens with one attached hydrogen (secondary N) is 3. The fourth-order valence-electron chi connectivity index (χ4n) is 2.32. The van der Waals surface area contributed by atoms with Gasteiger partial charge in [0.05, 0.1) is 12.4 Å². The van der Waals surface area contributed by atoms with Gasteiger partial charge in [0.2, 0.25) is 10.0 Å². The highest BCUT2D eigenvalue weighted by atomic mass is 127. The number of guanidine groups is 1. The lowest BCUT2D eigenvalue weighted by Gasteiger charge is -2.15. The van der Waals surface area contributed by atoms with E-state index in [1.165, 1.54) is 0 Å². The van der Waals surface area contributed by atoms with E-state index in [1.807, 2.05) is 32.0 Å². The van der Waals surface area contributed by atoms with Crippen molar-refractivity contribution in [1.82, 2.24) is 15.4 Å². The Kier molecular flexibility index (Phi) is 15.1. The minimum atomic E-state index is -3.14. The monoisotopic (exact) mass is 542 g/mol. The summed E-state index contributed by atoms with van der Waals surface area (Å²) in [5.41, 5.74) is 2.16. The molecule has 0 radical (unpaired) electrons. The first-order chi connectivity index (χ1) is 13.4. The fraction of sp³-hybridized carbons (Fsp3) is 0.632. The lowest BCUT2D eigenvalue weighted by atomic mass is 10.1. The summed E-state index contributed by atoms with van der Waals surface area (Å²) < 4.78 is 36.5. The second kappa shape index (κ2) is 15.7. The molecule has 0 heterocycles. The van der Waals surface area contributed by atoms with E-state index >= 15 is 0 Å². The van der Waals surface area contributed by atoms with Gasteiger partial charge in [-0.1, -0.05) is 12.1 Å². The van der Waals surface area contributed by atoms with Crippen LogP contribution >= 0.6 is 24.0 Å². The predicted octanol–water partition coefficient (Wildman–Crippen LogP) is 2.02. The average molecular weight is 542 g/mol. The Morgan fingerprint density at radius 2 is 1.90 bits per heavy atom. The summed E-state index contributed by atoms with van der Waals surface area (Å²) in [5, 5.41) is 6.43. The molecule has 0 amide bonds. The van der Waals surface area contributed by atoms with Crippen molar-refractivity contribution in [1.29, 1.82) is 0 Å². The van der Waals surface area contributed by atoms with E-state index in [2.05, 4.69) is 20.3 Å². The van der Waals surface area contributed by atoms with Crippen LogP contribution in [-0.4, -0.2) is 60.1 Å². The third-order valence-electron chi connectivity index (χ3n) is 3.93. The topological polar surface area (TPSA) is 101 Å². The molecule has 1 aromatic carbocycles. The van der Waals surface area contributed by atoms with Crippen molar-refractivity contribution in [2.24, 2.45) is 4.99 Å². The van der Waals surface area contributed by atoms with Gasteiger partial charge in [-0.25, -0.2) is 13.1 Å². The quantitative estimate of drug-likeness (QED) is 0.153. The van der Waals surface area contributed by atoms with Crippen molar-refractivity contribution in [3.63, 3.8) is 0 Å². The highest BCUT2D eigenvalue weighted by Crippen LogP contribution is 2.20. The van der Waals surface area contributed by atoms with Gasteiger partial charge in [-0.2, -0.15) is 0 Å². The minimum Gasteiger partial charge on any atom is -0.491 e. The van der Waals surface area contributed by atoms with Gasteiger partial charge in [-0.3, -0.25) is 4.99 Å². The molecule has 0 spiro atoms. The molecule has 0 aliphatic rings. The van der Waals surface area contributed by atoms with Crippen LogP contribution in [0, 0.1) is 6.92 Å². The summed E-state index contributed by atoms with van der Waals surface area (Å²) in [4.78, 5) is 4.19. The maximum Gasteiger partial charge on any atom is 0.211 e. The number of hydrogen-bond donors (Lipinski definition) is 3. The largest absolute Gasteiger partial charge is 0.491 e. The number of nitrogens with zero attached hydrogens (tertiary/aromatic N) is 1. The molecule has 0 aromatic heterocycles. The molecular weight excluding hydrogens is 507 g/mol. The highest BCUT2D eigenvalue weighted by molar-refractivity contribution is 14.0. The number of sulfonamides is 1. The van der Waals surface area contributed by atoms with E-state index in [9.17, 15) is 8.42 Å². The van der Waals surface area contributed by atoms with E-state index in [0.29, 0.717) is 51.8 Å². The summed E-state index contributed by atoms with van der Waals surface area (Å²) >= 11 is 0. The van der Waals surface area contributed by atoms with Crippen molar-refractivity contribution in [2.45, 2.75) is 33.7 Å². The molecule has 1 rings (SSSR count). The Morgan fingerprint density at radius 1 is 1.14 bits per heavy atom. The molecule has 1 aromatic rings. The minimum absolute atomic E-state index is 0. The van der Waals surface area contributed by atoms with Crippen LogP contribution in [0.15, 0.2) is 23.2 Å². The molecule has 0 aliphatic carbocycles. The van der Waals surface area contributed by atoms with E-state index in [1.54, 1.807) is 14.0 Å². The van der Waals surface area contributed by atoms with Crippen molar-refractivity contribution < 1.29 is 17.9 Å². The summed E-state index contributed by atoms with van der Waals surface area (Å²) in [6.07, 6.45) is 0.663. The summed E-state index contributed by atoms with van der Waals surface area (Å²) in [5.74, 6) is 1.57. The number of aryl methyl sites for hydroxylation is 1. The fourth-order valence-corrected chi connectivity index (χ4v) is 2.98. The van der Waals surface area contributed by atoms with Gasteiger partial charge in [0, 0.05) is 38.9 Å². The van der Waals surface area contributed by atoms with E-state index in [-0.39, 0.29) is 29.7 Å². The van der Waals surface area contributed by atoms with Crippen LogP contribution in [0.2, 0.25) is 0 Å². The highest BCUT2D eigenvalue weighted by Gasteiger charge is 2.07.